The van der Waals surface area contributed by atoms with E-state index < -0.39 is 5.97 Å². The van der Waals surface area contributed by atoms with Crippen LogP contribution < -0.4 is 9.47 Å². The van der Waals surface area contributed by atoms with Gasteiger partial charge in [-0.1, -0.05) is 54.4 Å². The highest BCUT2D eigenvalue weighted by atomic mass is 79.9. The summed E-state index contributed by atoms with van der Waals surface area (Å²) in [6.45, 7) is 10.8. The van der Waals surface area contributed by atoms with Crippen LogP contribution in [0.1, 0.15) is 44.4 Å². The maximum absolute atomic E-state index is 12.3. The molecule has 26 heavy (non-hydrogen) atoms. The molecule has 0 fully saturated rings. The SMILES string of the molecule is CCOc1ccc(Br)cc1/C=C/C(=O)Oc1ccc(C)cc1C(C)(C)C. The van der Waals surface area contributed by atoms with Gasteiger partial charge in [0.15, 0.2) is 0 Å². The summed E-state index contributed by atoms with van der Waals surface area (Å²) in [6, 6.07) is 11.5. The van der Waals surface area contributed by atoms with Crippen molar-refractivity contribution in [2.45, 2.75) is 40.0 Å². The molecule has 0 spiro atoms. The summed E-state index contributed by atoms with van der Waals surface area (Å²) in [5, 5.41) is 0. The number of halogens is 1. The Morgan fingerprint density at radius 3 is 2.46 bits per heavy atom. The summed E-state index contributed by atoms with van der Waals surface area (Å²) in [5.41, 5.74) is 2.85. The van der Waals surface area contributed by atoms with Crippen LogP contribution in [0.3, 0.4) is 0 Å². The van der Waals surface area contributed by atoms with Gasteiger partial charge in [0.25, 0.3) is 0 Å². The molecule has 0 atom stereocenters. The number of hydrogen-bond acceptors (Lipinski definition) is 3. The van der Waals surface area contributed by atoms with Gasteiger partial charge < -0.3 is 9.47 Å². The average Bonchev–Trinajstić information content (AvgIpc) is 2.56. The predicted molar refractivity (Wildman–Crippen MR) is 110 cm³/mol. The van der Waals surface area contributed by atoms with E-state index in [1.165, 1.54) is 6.08 Å². The van der Waals surface area contributed by atoms with Crippen LogP contribution in [0.15, 0.2) is 46.9 Å². The number of ether oxygens (including phenoxy) is 2. The first-order valence-electron chi connectivity index (χ1n) is 8.64. The average molecular weight is 417 g/mol. The van der Waals surface area contributed by atoms with Gasteiger partial charge in [0.2, 0.25) is 0 Å². The molecule has 0 amide bonds. The van der Waals surface area contributed by atoms with Gasteiger partial charge in [-0.05, 0) is 49.6 Å². The molecule has 3 nitrogen and oxygen atoms in total. The van der Waals surface area contributed by atoms with Crippen molar-refractivity contribution in [1.29, 1.82) is 0 Å². The minimum absolute atomic E-state index is 0.113. The zero-order valence-electron chi connectivity index (χ0n) is 15.9. The van der Waals surface area contributed by atoms with Crippen LogP contribution >= 0.6 is 15.9 Å². The standard InChI is InChI=1S/C22H25BrO3/c1-6-25-19-11-9-17(23)14-16(19)8-12-21(24)26-20-10-7-15(2)13-18(20)22(3,4)5/h7-14H,6H2,1-5H3/b12-8+. The van der Waals surface area contributed by atoms with Crippen LogP contribution in [0.4, 0.5) is 0 Å². The highest BCUT2D eigenvalue weighted by Crippen LogP contribution is 2.32. The third kappa shape index (κ3) is 5.46. The van der Waals surface area contributed by atoms with Gasteiger partial charge in [-0.2, -0.15) is 0 Å². The Labute approximate surface area is 164 Å². The Balaban J connectivity index is 2.22. The van der Waals surface area contributed by atoms with Crippen molar-refractivity contribution in [3.05, 3.63) is 63.6 Å². The normalized spacial score (nSPS) is 11.6. The molecular formula is C22H25BrO3. The van der Waals surface area contributed by atoms with Crippen LogP contribution in [0, 0.1) is 6.92 Å². The predicted octanol–water partition coefficient (Wildman–Crippen LogP) is 6.07. The lowest BCUT2D eigenvalue weighted by Gasteiger charge is -2.22. The van der Waals surface area contributed by atoms with Crippen LogP contribution in [0.5, 0.6) is 11.5 Å². The van der Waals surface area contributed by atoms with E-state index in [0.717, 1.165) is 26.9 Å². The molecule has 2 aromatic rings. The molecule has 0 unspecified atom stereocenters. The van der Waals surface area contributed by atoms with Crippen LogP contribution in [0.25, 0.3) is 6.08 Å². The number of aryl methyl sites for hydroxylation is 1. The Kier molecular flexibility index (Phi) is 6.65. The molecule has 0 aliphatic heterocycles. The molecule has 2 aromatic carbocycles. The molecule has 2 rings (SSSR count). The van der Waals surface area contributed by atoms with Crippen molar-refractivity contribution in [3.63, 3.8) is 0 Å². The van der Waals surface area contributed by atoms with Gasteiger partial charge in [-0.25, -0.2) is 4.79 Å². The molecule has 0 aromatic heterocycles. The second kappa shape index (κ2) is 8.54. The highest BCUT2D eigenvalue weighted by molar-refractivity contribution is 9.10. The van der Waals surface area contributed by atoms with E-state index in [1.807, 2.05) is 44.2 Å². The second-order valence-electron chi connectivity index (χ2n) is 7.12. The molecule has 0 bridgehead atoms. The fourth-order valence-corrected chi connectivity index (χ4v) is 2.93. The molecular weight excluding hydrogens is 392 g/mol. The molecule has 0 aliphatic carbocycles. The molecule has 0 N–H and O–H groups in total. The van der Waals surface area contributed by atoms with E-state index in [4.69, 9.17) is 9.47 Å². The summed E-state index contributed by atoms with van der Waals surface area (Å²) < 4.78 is 12.1. The van der Waals surface area contributed by atoms with Gasteiger partial charge in [0, 0.05) is 21.7 Å². The van der Waals surface area contributed by atoms with E-state index in [2.05, 4.69) is 42.8 Å². The van der Waals surface area contributed by atoms with Gasteiger partial charge >= 0.3 is 5.97 Å². The first-order chi connectivity index (χ1) is 12.2. The lowest BCUT2D eigenvalue weighted by Crippen LogP contribution is -2.15. The summed E-state index contributed by atoms with van der Waals surface area (Å²) in [5.74, 6) is 0.907. The minimum Gasteiger partial charge on any atom is -0.493 e. The van der Waals surface area contributed by atoms with Crippen molar-refractivity contribution in [2.24, 2.45) is 0 Å². The largest absolute Gasteiger partial charge is 0.493 e. The Morgan fingerprint density at radius 2 is 1.81 bits per heavy atom. The molecule has 0 saturated carbocycles. The summed E-state index contributed by atoms with van der Waals surface area (Å²) in [6.07, 6.45) is 3.14. The van der Waals surface area contributed by atoms with E-state index in [0.29, 0.717) is 12.4 Å². The topological polar surface area (TPSA) is 35.5 Å². The molecule has 138 valence electrons. The number of rotatable bonds is 5. The fourth-order valence-electron chi connectivity index (χ4n) is 2.56. The van der Waals surface area contributed by atoms with Crippen LogP contribution in [-0.4, -0.2) is 12.6 Å². The van der Waals surface area contributed by atoms with Gasteiger partial charge in [0.1, 0.15) is 11.5 Å². The van der Waals surface area contributed by atoms with Crippen molar-refractivity contribution >= 4 is 28.0 Å². The maximum Gasteiger partial charge on any atom is 0.336 e. The quantitative estimate of drug-likeness (QED) is 0.336. The summed E-state index contributed by atoms with van der Waals surface area (Å²) in [4.78, 5) is 12.3. The van der Waals surface area contributed by atoms with Crippen molar-refractivity contribution in [1.82, 2.24) is 0 Å². The zero-order chi connectivity index (χ0) is 19.3. The maximum atomic E-state index is 12.3. The second-order valence-corrected chi connectivity index (χ2v) is 8.03. The Morgan fingerprint density at radius 1 is 1.12 bits per heavy atom. The fraction of sp³-hybridized carbons (Fsp3) is 0.318. The lowest BCUT2D eigenvalue weighted by molar-refractivity contribution is -0.128. The lowest BCUT2D eigenvalue weighted by atomic mass is 9.85. The first kappa shape index (κ1) is 20.2. The molecule has 0 aliphatic rings. The van der Waals surface area contributed by atoms with E-state index in [1.54, 1.807) is 6.08 Å². The van der Waals surface area contributed by atoms with Crippen molar-refractivity contribution in [2.75, 3.05) is 6.61 Å². The molecule has 0 radical (unpaired) electrons. The van der Waals surface area contributed by atoms with E-state index >= 15 is 0 Å². The molecule has 0 heterocycles. The Bertz CT molecular complexity index is 817. The number of carbonyl (C=O) groups excluding carboxylic acids is 1. The summed E-state index contributed by atoms with van der Waals surface area (Å²) in [7, 11) is 0. The number of esters is 1. The highest BCUT2D eigenvalue weighted by Gasteiger charge is 2.20. The van der Waals surface area contributed by atoms with E-state index in [9.17, 15) is 4.79 Å². The van der Waals surface area contributed by atoms with Gasteiger partial charge in [-0.3, -0.25) is 0 Å². The van der Waals surface area contributed by atoms with E-state index in [-0.39, 0.29) is 5.41 Å². The molecule has 0 saturated heterocycles. The minimum atomic E-state index is -0.415. The number of benzene rings is 2. The van der Waals surface area contributed by atoms with Crippen molar-refractivity contribution < 1.29 is 14.3 Å². The summed E-state index contributed by atoms with van der Waals surface area (Å²) >= 11 is 3.44. The van der Waals surface area contributed by atoms with Crippen LogP contribution in [0.2, 0.25) is 0 Å². The monoisotopic (exact) mass is 416 g/mol. The first-order valence-corrected chi connectivity index (χ1v) is 9.43. The smallest absolute Gasteiger partial charge is 0.336 e. The Hall–Kier alpha value is -2.07. The van der Waals surface area contributed by atoms with Crippen molar-refractivity contribution in [3.8, 4) is 11.5 Å². The van der Waals surface area contributed by atoms with Gasteiger partial charge in [-0.15, -0.1) is 0 Å². The van der Waals surface area contributed by atoms with Crippen LogP contribution in [-0.2, 0) is 10.2 Å². The molecule has 4 heteroatoms. The third-order valence-electron chi connectivity index (χ3n) is 3.82. The van der Waals surface area contributed by atoms with Gasteiger partial charge in [0.05, 0.1) is 6.61 Å². The third-order valence-corrected chi connectivity index (χ3v) is 4.32. The zero-order valence-corrected chi connectivity index (χ0v) is 17.5. The number of hydrogen-bond donors (Lipinski definition) is 0. The number of carbonyl (C=O) groups is 1.